The zero-order chi connectivity index (χ0) is 9.97. The summed E-state index contributed by atoms with van der Waals surface area (Å²) in [5.41, 5.74) is 7.63. The van der Waals surface area contributed by atoms with E-state index in [1.165, 1.54) is 5.56 Å². The second kappa shape index (κ2) is 3.93. The van der Waals surface area contributed by atoms with Gasteiger partial charge in [-0.15, -0.1) is 0 Å². The molecule has 0 spiro atoms. The summed E-state index contributed by atoms with van der Waals surface area (Å²) in [6.45, 7) is 0.681. The fourth-order valence-corrected chi connectivity index (χ4v) is 2.17. The smallest absolute Gasteiger partial charge is 0.163 e. The number of nitrogens with two attached hydrogens (primary N) is 1. The summed E-state index contributed by atoms with van der Waals surface area (Å²) in [4.78, 5) is 11.7. The summed E-state index contributed by atoms with van der Waals surface area (Å²) in [5.74, 6) is 0.743. The van der Waals surface area contributed by atoms with Gasteiger partial charge in [0.15, 0.2) is 5.78 Å². The molecule has 0 radical (unpaired) electrons. The van der Waals surface area contributed by atoms with E-state index in [0.717, 1.165) is 18.4 Å². The molecule has 1 aliphatic carbocycles. The van der Waals surface area contributed by atoms with Crippen molar-refractivity contribution in [3.8, 4) is 0 Å². The van der Waals surface area contributed by atoms with E-state index < -0.39 is 0 Å². The van der Waals surface area contributed by atoms with Gasteiger partial charge in [0.1, 0.15) is 0 Å². The van der Waals surface area contributed by atoms with Gasteiger partial charge in [-0.3, -0.25) is 4.79 Å². The van der Waals surface area contributed by atoms with Crippen molar-refractivity contribution in [1.29, 1.82) is 0 Å². The predicted molar refractivity (Wildman–Crippen MR) is 56.3 cm³/mol. The average molecular weight is 189 g/mol. The van der Waals surface area contributed by atoms with Crippen LogP contribution in [0.5, 0.6) is 0 Å². The first-order valence-electron chi connectivity index (χ1n) is 5.12. The minimum atomic E-state index is 0.283. The SMILES string of the molecule is NCCC1CC(=O)c2ccccc2C1. The first-order chi connectivity index (χ1) is 6.81. The zero-order valence-corrected chi connectivity index (χ0v) is 8.20. The van der Waals surface area contributed by atoms with E-state index in [0.29, 0.717) is 18.9 Å². The molecule has 2 heteroatoms. The van der Waals surface area contributed by atoms with Gasteiger partial charge in [0.05, 0.1) is 0 Å². The first kappa shape index (κ1) is 9.41. The predicted octanol–water partition coefficient (Wildman–Crippen LogP) is 1.78. The summed E-state index contributed by atoms with van der Waals surface area (Å²) in [7, 11) is 0. The molecule has 0 saturated carbocycles. The maximum atomic E-state index is 11.7. The van der Waals surface area contributed by atoms with Gasteiger partial charge < -0.3 is 5.73 Å². The van der Waals surface area contributed by atoms with Gasteiger partial charge in [0.2, 0.25) is 0 Å². The van der Waals surface area contributed by atoms with Crippen LogP contribution in [0, 0.1) is 5.92 Å². The maximum Gasteiger partial charge on any atom is 0.163 e. The number of rotatable bonds is 2. The summed E-state index contributed by atoms with van der Waals surface area (Å²) in [5, 5.41) is 0. The van der Waals surface area contributed by atoms with E-state index in [-0.39, 0.29) is 5.78 Å². The highest BCUT2D eigenvalue weighted by Gasteiger charge is 2.23. The largest absolute Gasteiger partial charge is 0.330 e. The molecule has 0 aromatic heterocycles. The lowest BCUT2D eigenvalue weighted by molar-refractivity contribution is 0.0947. The van der Waals surface area contributed by atoms with Gasteiger partial charge in [-0.25, -0.2) is 0 Å². The van der Waals surface area contributed by atoms with Crippen molar-refractivity contribution in [2.45, 2.75) is 19.3 Å². The normalized spacial score (nSPS) is 20.6. The van der Waals surface area contributed by atoms with Crippen molar-refractivity contribution in [3.05, 3.63) is 35.4 Å². The lowest BCUT2D eigenvalue weighted by Crippen LogP contribution is -2.22. The van der Waals surface area contributed by atoms with E-state index >= 15 is 0 Å². The van der Waals surface area contributed by atoms with Crippen LogP contribution in [0.25, 0.3) is 0 Å². The van der Waals surface area contributed by atoms with Crippen molar-refractivity contribution in [3.63, 3.8) is 0 Å². The molecule has 74 valence electrons. The van der Waals surface area contributed by atoms with Crippen LogP contribution in [0.4, 0.5) is 0 Å². The number of Topliss-reactive ketones (excluding diaryl/α,β-unsaturated/α-hetero) is 1. The Morgan fingerprint density at radius 2 is 2.07 bits per heavy atom. The second-order valence-corrected chi connectivity index (χ2v) is 3.93. The number of ketones is 1. The lowest BCUT2D eigenvalue weighted by Gasteiger charge is -2.22. The topological polar surface area (TPSA) is 43.1 Å². The Balaban J connectivity index is 2.24. The van der Waals surface area contributed by atoms with Gasteiger partial charge in [-0.1, -0.05) is 24.3 Å². The molecule has 2 nitrogen and oxygen atoms in total. The van der Waals surface area contributed by atoms with Crippen molar-refractivity contribution < 1.29 is 4.79 Å². The molecule has 0 fully saturated rings. The number of carbonyl (C=O) groups excluding carboxylic acids is 1. The standard InChI is InChI=1S/C12H15NO/c13-6-5-9-7-10-3-1-2-4-11(10)12(14)8-9/h1-4,9H,5-8,13H2. The fraction of sp³-hybridized carbons (Fsp3) is 0.417. The molecule has 0 amide bonds. The third-order valence-electron chi connectivity index (χ3n) is 2.88. The molecule has 0 saturated heterocycles. The quantitative estimate of drug-likeness (QED) is 0.770. The van der Waals surface area contributed by atoms with Crippen LogP contribution < -0.4 is 5.73 Å². The molecule has 2 rings (SSSR count). The number of benzene rings is 1. The molecule has 2 N–H and O–H groups in total. The first-order valence-corrected chi connectivity index (χ1v) is 5.12. The summed E-state index contributed by atoms with van der Waals surface area (Å²) >= 11 is 0. The number of hydrogen-bond donors (Lipinski definition) is 1. The highest BCUT2D eigenvalue weighted by atomic mass is 16.1. The monoisotopic (exact) mass is 189 g/mol. The molecule has 0 aliphatic heterocycles. The van der Waals surface area contributed by atoms with Crippen LogP contribution in [0.1, 0.15) is 28.8 Å². The second-order valence-electron chi connectivity index (χ2n) is 3.93. The maximum absolute atomic E-state index is 11.7. The molecular weight excluding hydrogens is 174 g/mol. The third-order valence-corrected chi connectivity index (χ3v) is 2.88. The molecule has 1 unspecified atom stereocenters. The van der Waals surface area contributed by atoms with Crippen LogP contribution in [-0.2, 0) is 6.42 Å². The van der Waals surface area contributed by atoms with Crippen molar-refractivity contribution in [2.24, 2.45) is 11.7 Å². The van der Waals surface area contributed by atoms with Crippen LogP contribution in [0.2, 0.25) is 0 Å². The number of fused-ring (bicyclic) bond motifs is 1. The minimum absolute atomic E-state index is 0.283. The highest BCUT2D eigenvalue weighted by Crippen LogP contribution is 2.26. The van der Waals surface area contributed by atoms with Crippen molar-refractivity contribution in [1.82, 2.24) is 0 Å². The molecule has 1 atom stereocenters. The van der Waals surface area contributed by atoms with Crippen LogP contribution >= 0.6 is 0 Å². The molecule has 14 heavy (non-hydrogen) atoms. The van der Waals surface area contributed by atoms with Crippen LogP contribution in [-0.4, -0.2) is 12.3 Å². The Labute approximate surface area is 84.1 Å². The van der Waals surface area contributed by atoms with Gasteiger partial charge in [-0.05, 0) is 30.9 Å². The lowest BCUT2D eigenvalue weighted by atomic mass is 9.81. The Hall–Kier alpha value is -1.15. The molecule has 1 aromatic rings. The molecular formula is C12H15NO. The van der Waals surface area contributed by atoms with E-state index in [4.69, 9.17) is 5.73 Å². The van der Waals surface area contributed by atoms with Gasteiger partial charge >= 0.3 is 0 Å². The average Bonchev–Trinajstić information content (AvgIpc) is 2.18. The Morgan fingerprint density at radius 1 is 1.29 bits per heavy atom. The fourth-order valence-electron chi connectivity index (χ4n) is 2.17. The Morgan fingerprint density at radius 3 is 2.86 bits per heavy atom. The number of hydrogen-bond acceptors (Lipinski definition) is 2. The van der Waals surface area contributed by atoms with Gasteiger partial charge in [0, 0.05) is 12.0 Å². The van der Waals surface area contributed by atoms with Crippen molar-refractivity contribution >= 4 is 5.78 Å². The molecule has 1 aromatic carbocycles. The zero-order valence-electron chi connectivity index (χ0n) is 8.20. The van der Waals surface area contributed by atoms with E-state index in [1.54, 1.807) is 0 Å². The molecule has 1 aliphatic rings. The number of carbonyl (C=O) groups is 1. The minimum Gasteiger partial charge on any atom is -0.330 e. The van der Waals surface area contributed by atoms with Crippen LogP contribution in [0.3, 0.4) is 0 Å². The molecule has 0 heterocycles. The Bertz CT molecular complexity index is 346. The van der Waals surface area contributed by atoms with Gasteiger partial charge in [-0.2, -0.15) is 0 Å². The third kappa shape index (κ3) is 1.70. The van der Waals surface area contributed by atoms with E-state index in [9.17, 15) is 4.79 Å². The Kier molecular flexibility index (Phi) is 2.64. The molecule has 0 bridgehead atoms. The van der Waals surface area contributed by atoms with E-state index in [2.05, 4.69) is 6.07 Å². The van der Waals surface area contributed by atoms with Gasteiger partial charge in [0.25, 0.3) is 0 Å². The van der Waals surface area contributed by atoms with E-state index in [1.807, 2.05) is 18.2 Å². The van der Waals surface area contributed by atoms with Crippen LogP contribution in [0.15, 0.2) is 24.3 Å². The summed E-state index contributed by atoms with van der Waals surface area (Å²) in [6, 6.07) is 7.91. The summed E-state index contributed by atoms with van der Waals surface area (Å²) < 4.78 is 0. The highest BCUT2D eigenvalue weighted by molar-refractivity contribution is 5.98. The summed E-state index contributed by atoms with van der Waals surface area (Å²) in [6.07, 6.45) is 2.65. The van der Waals surface area contributed by atoms with Crippen molar-refractivity contribution in [2.75, 3.05) is 6.54 Å².